The minimum absolute atomic E-state index is 0.908. The Morgan fingerprint density at radius 3 is 2.45 bits per heavy atom. The monoisotopic (exact) mass is 170 g/mol. The van der Waals surface area contributed by atoms with Crippen molar-refractivity contribution in [3.05, 3.63) is 12.8 Å². The van der Waals surface area contributed by atoms with Crippen molar-refractivity contribution in [1.82, 2.24) is 0 Å². The van der Waals surface area contributed by atoms with Gasteiger partial charge in [-0.3, -0.25) is 0 Å². The molecule has 0 heterocycles. The van der Waals surface area contributed by atoms with Crippen LogP contribution in [0.5, 0.6) is 0 Å². The molecule has 0 amide bonds. The minimum atomic E-state index is -4.31. The van der Waals surface area contributed by atoms with Gasteiger partial charge >= 0.3 is 6.18 Å². The lowest BCUT2D eigenvalue weighted by atomic mass is 10.7. The molecule has 0 aliphatic rings. The van der Waals surface area contributed by atoms with Gasteiger partial charge in [-0.25, -0.2) is 0 Å². The van der Waals surface area contributed by atoms with Crippen LogP contribution in [0.2, 0.25) is 0 Å². The number of halogens is 3. The molecular formula is C6H9F3O2. The summed E-state index contributed by atoms with van der Waals surface area (Å²) in [6.07, 6.45) is -4.19. The molecule has 1 atom stereocenters. The maximum absolute atomic E-state index is 11.4. The summed E-state index contributed by atoms with van der Waals surface area (Å²) in [6, 6.07) is 0. The molecule has 0 radical (unpaired) electrons. The summed E-state index contributed by atoms with van der Waals surface area (Å²) in [5, 5.41) is 0. The van der Waals surface area contributed by atoms with Crippen LogP contribution in [-0.4, -0.2) is 19.1 Å². The van der Waals surface area contributed by atoms with Crippen LogP contribution in [0.15, 0.2) is 12.8 Å². The Morgan fingerprint density at radius 1 is 1.55 bits per heavy atom. The number of alkyl halides is 3. The third-order valence-corrected chi connectivity index (χ3v) is 0.770. The normalized spacial score (nSPS) is 14.2. The number of hydrogen-bond acceptors (Lipinski definition) is 2. The first-order chi connectivity index (χ1) is 4.95. The highest BCUT2D eigenvalue weighted by Gasteiger charge is 2.28. The zero-order valence-corrected chi connectivity index (χ0v) is 6.02. The quantitative estimate of drug-likeness (QED) is 0.475. The molecule has 0 bridgehead atoms. The van der Waals surface area contributed by atoms with E-state index in [2.05, 4.69) is 16.1 Å². The maximum atomic E-state index is 11.4. The Hall–Kier alpha value is -0.710. The Kier molecular flexibility index (Phi) is 3.95. The first-order valence-corrected chi connectivity index (χ1v) is 2.90. The van der Waals surface area contributed by atoms with E-state index in [9.17, 15) is 13.2 Å². The van der Waals surface area contributed by atoms with E-state index in [-0.39, 0.29) is 0 Å². The molecule has 0 aromatic rings. The SMILES string of the molecule is C=COC(C)OCC(F)(F)F. The highest BCUT2D eigenvalue weighted by molar-refractivity contribution is 4.51. The molecule has 0 aromatic carbocycles. The molecule has 0 aliphatic heterocycles. The van der Waals surface area contributed by atoms with Gasteiger partial charge in [0.25, 0.3) is 0 Å². The molecule has 1 unspecified atom stereocenters. The van der Waals surface area contributed by atoms with E-state index in [0.29, 0.717) is 0 Å². The lowest BCUT2D eigenvalue weighted by Gasteiger charge is -2.13. The lowest BCUT2D eigenvalue weighted by Crippen LogP contribution is -2.22. The van der Waals surface area contributed by atoms with Crippen molar-refractivity contribution in [3.8, 4) is 0 Å². The maximum Gasteiger partial charge on any atom is 0.411 e. The van der Waals surface area contributed by atoms with E-state index < -0.39 is 19.1 Å². The molecule has 0 aromatic heterocycles. The fraction of sp³-hybridized carbons (Fsp3) is 0.667. The summed E-state index contributed by atoms with van der Waals surface area (Å²) in [5.74, 6) is 0. The summed E-state index contributed by atoms with van der Waals surface area (Å²) in [4.78, 5) is 0. The first-order valence-electron chi connectivity index (χ1n) is 2.90. The number of hydrogen-bond donors (Lipinski definition) is 0. The summed E-state index contributed by atoms with van der Waals surface area (Å²) in [6.45, 7) is 3.21. The number of ether oxygens (including phenoxy) is 2. The fourth-order valence-corrected chi connectivity index (χ4v) is 0.387. The molecule has 66 valence electrons. The predicted molar refractivity (Wildman–Crippen MR) is 32.8 cm³/mol. The standard InChI is InChI=1S/C6H9F3O2/c1-3-10-5(2)11-4-6(7,8)9/h3,5H,1,4H2,2H3. The van der Waals surface area contributed by atoms with E-state index >= 15 is 0 Å². The number of rotatable bonds is 4. The molecule has 0 spiro atoms. The van der Waals surface area contributed by atoms with Crippen LogP contribution in [0, 0.1) is 0 Å². The summed E-state index contributed by atoms with van der Waals surface area (Å²) >= 11 is 0. The molecule has 0 aliphatic carbocycles. The van der Waals surface area contributed by atoms with Gasteiger partial charge in [0.15, 0.2) is 6.29 Å². The molecule has 0 N–H and O–H groups in total. The van der Waals surface area contributed by atoms with Crippen LogP contribution in [0.1, 0.15) is 6.92 Å². The predicted octanol–water partition coefficient (Wildman–Crippen LogP) is 2.07. The van der Waals surface area contributed by atoms with E-state index in [1.165, 1.54) is 6.92 Å². The smallest absolute Gasteiger partial charge is 0.411 e. The topological polar surface area (TPSA) is 18.5 Å². The van der Waals surface area contributed by atoms with E-state index in [1.54, 1.807) is 0 Å². The molecule has 0 fully saturated rings. The van der Waals surface area contributed by atoms with Gasteiger partial charge < -0.3 is 9.47 Å². The molecule has 0 saturated heterocycles. The van der Waals surface area contributed by atoms with Gasteiger partial charge in [-0.2, -0.15) is 13.2 Å². The van der Waals surface area contributed by atoms with Crippen LogP contribution in [0.4, 0.5) is 13.2 Å². The van der Waals surface area contributed by atoms with Gasteiger partial charge in [0.1, 0.15) is 6.61 Å². The van der Waals surface area contributed by atoms with Crippen molar-refractivity contribution in [3.63, 3.8) is 0 Å². The van der Waals surface area contributed by atoms with Gasteiger partial charge in [-0.1, -0.05) is 6.58 Å². The summed E-state index contributed by atoms with van der Waals surface area (Å²) in [7, 11) is 0. The molecular weight excluding hydrogens is 161 g/mol. The van der Waals surface area contributed by atoms with Crippen LogP contribution >= 0.6 is 0 Å². The lowest BCUT2D eigenvalue weighted by molar-refractivity contribution is -0.213. The minimum Gasteiger partial charge on any atom is -0.473 e. The van der Waals surface area contributed by atoms with Gasteiger partial charge in [0, 0.05) is 0 Å². The van der Waals surface area contributed by atoms with Crippen LogP contribution in [0.25, 0.3) is 0 Å². The van der Waals surface area contributed by atoms with Crippen molar-refractivity contribution in [2.75, 3.05) is 6.61 Å². The molecule has 0 rings (SSSR count). The van der Waals surface area contributed by atoms with Crippen LogP contribution in [0.3, 0.4) is 0 Å². The van der Waals surface area contributed by atoms with Crippen LogP contribution < -0.4 is 0 Å². The zero-order valence-electron chi connectivity index (χ0n) is 6.02. The van der Waals surface area contributed by atoms with Crippen molar-refractivity contribution in [2.24, 2.45) is 0 Å². The third kappa shape index (κ3) is 7.18. The molecule has 11 heavy (non-hydrogen) atoms. The van der Waals surface area contributed by atoms with Gasteiger partial charge in [0.05, 0.1) is 6.26 Å². The highest BCUT2D eigenvalue weighted by Crippen LogP contribution is 2.15. The van der Waals surface area contributed by atoms with E-state index in [4.69, 9.17) is 0 Å². The Labute approximate surface area is 62.6 Å². The fourth-order valence-electron chi connectivity index (χ4n) is 0.387. The molecule has 2 nitrogen and oxygen atoms in total. The summed E-state index contributed by atoms with van der Waals surface area (Å²) < 4.78 is 43.1. The zero-order chi connectivity index (χ0) is 8.91. The van der Waals surface area contributed by atoms with Crippen molar-refractivity contribution >= 4 is 0 Å². The van der Waals surface area contributed by atoms with Gasteiger partial charge in [-0.15, -0.1) is 0 Å². The average molecular weight is 170 g/mol. The first kappa shape index (κ1) is 10.3. The average Bonchev–Trinajstić information content (AvgIpc) is 1.83. The van der Waals surface area contributed by atoms with E-state index in [1.807, 2.05) is 0 Å². The van der Waals surface area contributed by atoms with Crippen molar-refractivity contribution < 1.29 is 22.6 Å². The van der Waals surface area contributed by atoms with Gasteiger partial charge in [0.2, 0.25) is 0 Å². The second kappa shape index (κ2) is 4.23. The van der Waals surface area contributed by atoms with Crippen molar-refractivity contribution in [1.29, 1.82) is 0 Å². The van der Waals surface area contributed by atoms with Gasteiger partial charge in [-0.05, 0) is 6.92 Å². The summed E-state index contributed by atoms with van der Waals surface area (Å²) in [5.41, 5.74) is 0. The Bertz CT molecular complexity index is 121. The van der Waals surface area contributed by atoms with Crippen LogP contribution in [-0.2, 0) is 9.47 Å². The molecule has 5 heteroatoms. The Balaban J connectivity index is 3.45. The second-order valence-electron chi connectivity index (χ2n) is 1.80. The third-order valence-electron chi connectivity index (χ3n) is 0.770. The highest BCUT2D eigenvalue weighted by atomic mass is 19.4. The Morgan fingerprint density at radius 2 is 2.09 bits per heavy atom. The largest absolute Gasteiger partial charge is 0.473 e. The second-order valence-corrected chi connectivity index (χ2v) is 1.80. The van der Waals surface area contributed by atoms with Crippen molar-refractivity contribution in [2.45, 2.75) is 19.4 Å². The van der Waals surface area contributed by atoms with E-state index in [0.717, 1.165) is 6.26 Å². The molecule has 0 saturated carbocycles.